The van der Waals surface area contributed by atoms with Gasteiger partial charge < -0.3 is 14.6 Å². The smallest absolute Gasteiger partial charge is 0.232 e. The fourth-order valence-corrected chi connectivity index (χ4v) is 2.95. The lowest BCUT2D eigenvalue weighted by molar-refractivity contribution is -0.127. The molecular weight excluding hydrogens is 312 g/mol. The SMILES string of the molecule is CC(=O)Nc1cccc(CSCC(=O)N(C)Cc2ccco2)c1. The highest BCUT2D eigenvalue weighted by Crippen LogP contribution is 2.17. The van der Waals surface area contributed by atoms with Gasteiger partial charge in [0.1, 0.15) is 5.76 Å². The number of rotatable bonds is 7. The zero-order valence-electron chi connectivity index (χ0n) is 13.2. The molecule has 2 rings (SSSR count). The summed E-state index contributed by atoms with van der Waals surface area (Å²) >= 11 is 1.55. The van der Waals surface area contributed by atoms with Gasteiger partial charge in [-0.1, -0.05) is 12.1 Å². The Kier molecular flexibility index (Phi) is 6.29. The first kappa shape index (κ1) is 17.1. The highest BCUT2D eigenvalue weighted by atomic mass is 32.2. The van der Waals surface area contributed by atoms with Gasteiger partial charge >= 0.3 is 0 Å². The first-order valence-electron chi connectivity index (χ1n) is 7.25. The van der Waals surface area contributed by atoms with E-state index in [1.807, 2.05) is 36.4 Å². The Balaban J connectivity index is 1.77. The van der Waals surface area contributed by atoms with Gasteiger partial charge in [-0.05, 0) is 29.8 Å². The number of carbonyl (C=O) groups excluding carboxylic acids is 2. The highest BCUT2D eigenvalue weighted by molar-refractivity contribution is 7.99. The van der Waals surface area contributed by atoms with E-state index < -0.39 is 0 Å². The topological polar surface area (TPSA) is 62.6 Å². The molecule has 0 atom stereocenters. The van der Waals surface area contributed by atoms with Crippen LogP contribution in [0.25, 0.3) is 0 Å². The number of benzene rings is 1. The largest absolute Gasteiger partial charge is 0.467 e. The van der Waals surface area contributed by atoms with Crippen LogP contribution in [0.5, 0.6) is 0 Å². The number of furan rings is 1. The average molecular weight is 332 g/mol. The van der Waals surface area contributed by atoms with E-state index in [4.69, 9.17) is 4.42 Å². The number of thioether (sulfide) groups is 1. The molecule has 122 valence electrons. The van der Waals surface area contributed by atoms with Crippen LogP contribution in [0.15, 0.2) is 47.1 Å². The predicted octanol–water partition coefficient (Wildman–Crippen LogP) is 3.13. The van der Waals surface area contributed by atoms with Crippen molar-refractivity contribution in [2.24, 2.45) is 0 Å². The molecule has 0 unspecified atom stereocenters. The summed E-state index contributed by atoms with van der Waals surface area (Å²) in [5.74, 6) is 1.86. The second kappa shape index (κ2) is 8.43. The van der Waals surface area contributed by atoms with Crippen LogP contribution in [-0.2, 0) is 21.9 Å². The molecule has 5 nitrogen and oxygen atoms in total. The zero-order valence-corrected chi connectivity index (χ0v) is 14.1. The number of anilines is 1. The Labute approximate surface area is 140 Å². The van der Waals surface area contributed by atoms with Crippen molar-refractivity contribution in [3.63, 3.8) is 0 Å². The highest BCUT2D eigenvalue weighted by Gasteiger charge is 2.10. The van der Waals surface area contributed by atoms with E-state index in [1.165, 1.54) is 6.92 Å². The van der Waals surface area contributed by atoms with Gasteiger partial charge in [-0.2, -0.15) is 0 Å². The van der Waals surface area contributed by atoms with Gasteiger partial charge in [0.05, 0.1) is 18.6 Å². The Hall–Kier alpha value is -2.21. The summed E-state index contributed by atoms with van der Waals surface area (Å²) in [6.07, 6.45) is 1.60. The molecule has 0 aliphatic carbocycles. The average Bonchev–Trinajstić information content (AvgIpc) is 2.99. The molecule has 0 aliphatic heterocycles. The number of hydrogen-bond acceptors (Lipinski definition) is 4. The van der Waals surface area contributed by atoms with Crippen molar-refractivity contribution in [1.29, 1.82) is 0 Å². The number of carbonyl (C=O) groups is 2. The second-order valence-corrected chi connectivity index (χ2v) is 6.19. The van der Waals surface area contributed by atoms with Gasteiger partial charge in [-0.15, -0.1) is 11.8 Å². The van der Waals surface area contributed by atoms with E-state index in [1.54, 1.807) is 30.0 Å². The molecule has 0 spiro atoms. The molecule has 1 N–H and O–H groups in total. The first-order valence-corrected chi connectivity index (χ1v) is 8.40. The molecule has 0 bridgehead atoms. The van der Waals surface area contributed by atoms with Crippen LogP contribution < -0.4 is 5.32 Å². The molecule has 23 heavy (non-hydrogen) atoms. The Morgan fingerprint density at radius 3 is 2.78 bits per heavy atom. The summed E-state index contributed by atoms with van der Waals surface area (Å²) in [7, 11) is 1.77. The summed E-state index contributed by atoms with van der Waals surface area (Å²) in [6.45, 7) is 1.96. The van der Waals surface area contributed by atoms with Crippen LogP contribution in [-0.4, -0.2) is 29.5 Å². The molecule has 0 aliphatic rings. The standard InChI is InChI=1S/C17H20N2O3S/c1-13(20)18-15-6-3-5-14(9-15)11-23-12-17(21)19(2)10-16-7-4-8-22-16/h3-9H,10-12H2,1-2H3,(H,18,20). The maximum absolute atomic E-state index is 12.1. The van der Waals surface area contributed by atoms with Crippen molar-refractivity contribution in [2.75, 3.05) is 18.1 Å². The van der Waals surface area contributed by atoms with Gasteiger partial charge in [0.25, 0.3) is 0 Å². The zero-order chi connectivity index (χ0) is 16.7. The van der Waals surface area contributed by atoms with Crippen molar-refractivity contribution >= 4 is 29.3 Å². The van der Waals surface area contributed by atoms with Crippen molar-refractivity contribution in [2.45, 2.75) is 19.2 Å². The van der Waals surface area contributed by atoms with E-state index in [0.29, 0.717) is 18.1 Å². The molecule has 0 radical (unpaired) electrons. The van der Waals surface area contributed by atoms with Crippen LogP contribution in [0, 0.1) is 0 Å². The van der Waals surface area contributed by atoms with E-state index in [-0.39, 0.29) is 11.8 Å². The van der Waals surface area contributed by atoms with Crippen LogP contribution in [0.4, 0.5) is 5.69 Å². The minimum Gasteiger partial charge on any atom is -0.467 e. The Morgan fingerprint density at radius 1 is 1.26 bits per heavy atom. The van der Waals surface area contributed by atoms with E-state index >= 15 is 0 Å². The van der Waals surface area contributed by atoms with Crippen LogP contribution in [0.2, 0.25) is 0 Å². The molecule has 0 fully saturated rings. The molecule has 0 saturated heterocycles. The van der Waals surface area contributed by atoms with Gasteiger partial charge in [-0.3, -0.25) is 9.59 Å². The maximum Gasteiger partial charge on any atom is 0.232 e. The molecule has 1 heterocycles. The fourth-order valence-electron chi connectivity index (χ4n) is 2.03. The minimum absolute atomic E-state index is 0.0596. The molecule has 2 aromatic rings. The molecule has 6 heteroatoms. The van der Waals surface area contributed by atoms with Crippen LogP contribution in [0.1, 0.15) is 18.2 Å². The summed E-state index contributed by atoms with van der Waals surface area (Å²) < 4.78 is 5.24. The molecule has 0 saturated carbocycles. The molecule has 1 aromatic carbocycles. The fraction of sp³-hybridized carbons (Fsp3) is 0.294. The van der Waals surface area contributed by atoms with Crippen molar-refractivity contribution < 1.29 is 14.0 Å². The lowest BCUT2D eigenvalue weighted by atomic mass is 10.2. The van der Waals surface area contributed by atoms with Crippen molar-refractivity contribution in [3.05, 3.63) is 54.0 Å². The minimum atomic E-state index is -0.0930. The van der Waals surface area contributed by atoms with E-state index in [0.717, 1.165) is 17.0 Å². The molecular formula is C17H20N2O3S. The number of amides is 2. The third kappa shape index (κ3) is 5.83. The molecule has 2 amide bonds. The van der Waals surface area contributed by atoms with Gasteiger partial charge in [0.15, 0.2) is 0 Å². The van der Waals surface area contributed by atoms with Crippen LogP contribution >= 0.6 is 11.8 Å². The normalized spacial score (nSPS) is 10.3. The third-order valence-electron chi connectivity index (χ3n) is 3.14. The summed E-state index contributed by atoms with van der Waals surface area (Å²) in [5, 5.41) is 2.75. The van der Waals surface area contributed by atoms with E-state index in [9.17, 15) is 9.59 Å². The van der Waals surface area contributed by atoms with Crippen LogP contribution in [0.3, 0.4) is 0 Å². The quantitative estimate of drug-likeness (QED) is 0.846. The Bertz CT molecular complexity index is 656. The Morgan fingerprint density at radius 2 is 2.09 bits per heavy atom. The van der Waals surface area contributed by atoms with Gasteiger partial charge in [-0.25, -0.2) is 0 Å². The predicted molar refractivity (Wildman–Crippen MR) is 92.1 cm³/mol. The summed E-state index contributed by atoms with van der Waals surface area (Å²) in [6, 6.07) is 11.3. The lowest BCUT2D eigenvalue weighted by Gasteiger charge is -2.15. The maximum atomic E-state index is 12.1. The number of nitrogens with one attached hydrogen (secondary N) is 1. The summed E-state index contributed by atoms with van der Waals surface area (Å²) in [5.41, 5.74) is 1.85. The van der Waals surface area contributed by atoms with Crippen molar-refractivity contribution in [3.8, 4) is 0 Å². The lowest BCUT2D eigenvalue weighted by Crippen LogP contribution is -2.27. The number of hydrogen-bond donors (Lipinski definition) is 1. The monoisotopic (exact) mass is 332 g/mol. The number of nitrogens with zero attached hydrogens (tertiary/aromatic N) is 1. The van der Waals surface area contributed by atoms with Crippen molar-refractivity contribution in [1.82, 2.24) is 4.90 Å². The van der Waals surface area contributed by atoms with E-state index in [2.05, 4.69) is 5.32 Å². The van der Waals surface area contributed by atoms with Gasteiger partial charge in [0, 0.05) is 25.4 Å². The molecule has 1 aromatic heterocycles. The summed E-state index contributed by atoms with van der Waals surface area (Å²) in [4.78, 5) is 24.8. The first-order chi connectivity index (χ1) is 11.0. The van der Waals surface area contributed by atoms with Gasteiger partial charge in [0.2, 0.25) is 11.8 Å². The third-order valence-corrected chi connectivity index (χ3v) is 4.13. The second-order valence-electron chi connectivity index (χ2n) is 5.20.